The first-order chi connectivity index (χ1) is 29.5. The van der Waals surface area contributed by atoms with Gasteiger partial charge >= 0.3 is 0 Å². The van der Waals surface area contributed by atoms with Crippen molar-refractivity contribution in [2.45, 2.75) is 19.3 Å². The molecule has 0 radical (unpaired) electrons. The van der Waals surface area contributed by atoms with E-state index in [1.54, 1.807) is 0 Å². The van der Waals surface area contributed by atoms with Crippen molar-refractivity contribution in [2.24, 2.45) is 0 Å². The fourth-order valence-electron chi connectivity index (χ4n) is 10.7. The first-order valence-electron chi connectivity index (χ1n) is 21.0. The Kier molecular flexibility index (Phi) is 6.85. The van der Waals surface area contributed by atoms with Gasteiger partial charge in [0.15, 0.2) is 0 Å². The van der Waals surface area contributed by atoms with Crippen molar-refractivity contribution in [1.82, 2.24) is 0 Å². The van der Waals surface area contributed by atoms with Crippen LogP contribution in [0, 0.1) is 0 Å². The number of hydrogen-bond acceptors (Lipinski definition) is 1. The molecule has 1 aliphatic rings. The van der Waals surface area contributed by atoms with Gasteiger partial charge in [0.1, 0.15) is 11.2 Å². The minimum Gasteiger partial charge on any atom is -0.456 e. The second-order valence-electron chi connectivity index (χ2n) is 17.2. The summed E-state index contributed by atoms with van der Waals surface area (Å²) in [6.07, 6.45) is 0. The minimum absolute atomic E-state index is 0.170. The molecule has 0 saturated carbocycles. The van der Waals surface area contributed by atoms with Crippen LogP contribution in [-0.4, -0.2) is 0 Å². The van der Waals surface area contributed by atoms with Gasteiger partial charge in [-0.1, -0.05) is 172 Å². The van der Waals surface area contributed by atoms with Gasteiger partial charge < -0.3 is 4.42 Å². The van der Waals surface area contributed by atoms with E-state index in [4.69, 9.17) is 4.42 Å². The quantitative estimate of drug-likeness (QED) is 0.163. The van der Waals surface area contributed by atoms with E-state index >= 15 is 0 Å². The first-order valence-corrected chi connectivity index (χ1v) is 21.0. The highest BCUT2D eigenvalue weighted by Crippen LogP contribution is 2.52. The van der Waals surface area contributed by atoms with Crippen molar-refractivity contribution in [1.29, 1.82) is 0 Å². The first kappa shape index (κ1) is 33.5. The Morgan fingerprint density at radius 3 is 1.58 bits per heavy atom. The summed E-state index contributed by atoms with van der Waals surface area (Å²) in [6.45, 7) is 4.71. The van der Waals surface area contributed by atoms with Crippen LogP contribution in [0.25, 0.3) is 120 Å². The van der Waals surface area contributed by atoms with Crippen molar-refractivity contribution < 1.29 is 4.42 Å². The third-order valence-corrected chi connectivity index (χ3v) is 13.6. The van der Waals surface area contributed by atoms with Crippen molar-refractivity contribution in [2.75, 3.05) is 0 Å². The van der Waals surface area contributed by atoms with Crippen molar-refractivity contribution >= 4 is 75.8 Å². The number of furan rings is 1. The Labute approximate surface area is 347 Å². The molecule has 0 atom stereocenters. The van der Waals surface area contributed by atoms with Crippen molar-refractivity contribution in [3.63, 3.8) is 0 Å². The lowest BCUT2D eigenvalue weighted by atomic mass is 9.81. The largest absolute Gasteiger partial charge is 0.456 e. The zero-order chi connectivity index (χ0) is 39.7. The molecular formula is C59H38O. The zero-order valence-corrected chi connectivity index (χ0v) is 33.4. The molecule has 0 saturated heterocycles. The van der Waals surface area contributed by atoms with Gasteiger partial charge in [-0.2, -0.15) is 0 Å². The van der Waals surface area contributed by atoms with Crippen molar-refractivity contribution in [3.8, 4) is 44.5 Å². The molecule has 1 heteroatoms. The second kappa shape index (κ2) is 12.3. The highest BCUT2D eigenvalue weighted by Gasteiger charge is 2.36. The van der Waals surface area contributed by atoms with Gasteiger partial charge in [0.25, 0.3) is 0 Å². The molecule has 60 heavy (non-hydrogen) atoms. The number of rotatable bonds is 3. The summed E-state index contributed by atoms with van der Waals surface area (Å²) < 4.78 is 6.53. The molecule has 11 aromatic carbocycles. The fraction of sp³-hybridized carbons (Fsp3) is 0.0508. The monoisotopic (exact) mass is 762 g/mol. The topological polar surface area (TPSA) is 13.1 Å². The van der Waals surface area contributed by atoms with Gasteiger partial charge in [0.05, 0.1) is 0 Å². The third-order valence-electron chi connectivity index (χ3n) is 13.6. The van der Waals surface area contributed by atoms with E-state index in [1.807, 2.05) is 0 Å². The molecule has 280 valence electrons. The van der Waals surface area contributed by atoms with Gasteiger partial charge in [-0.05, 0) is 146 Å². The maximum absolute atomic E-state index is 6.53. The molecule has 0 N–H and O–H groups in total. The highest BCUT2D eigenvalue weighted by molar-refractivity contribution is 6.24. The van der Waals surface area contributed by atoms with Crippen LogP contribution in [0.5, 0.6) is 0 Å². The standard InChI is InChI=1S/C59H38O/c1-59(2)52-32-40(26-28-44(52)50-33-51-55(34-53(50)59)60-54-29-27-36-13-4-6-16-43(36)58(51)54)38-22-23-39-31-41(25-24-37(39)30-38)56-46-17-7-9-19-48(46)57(49-20-10-8-18-47(49)56)45-21-11-14-35-12-3-5-15-42(35)45/h3-34H,1-2H3. The van der Waals surface area contributed by atoms with Crippen LogP contribution in [-0.2, 0) is 5.41 Å². The molecule has 12 aromatic rings. The number of hydrogen-bond donors (Lipinski definition) is 0. The summed E-state index contributed by atoms with van der Waals surface area (Å²) in [5.74, 6) is 0. The van der Waals surface area contributed by atoms with E-state index in [1.165, 1.54) is 120 Å². The molecule has 0 bridgehead atoms. The average Bonchev–Trinajstić information content (AvgIpc) is 3.77. The number of benzene rings is 11. The van der Waals surface area contributed by atoms with Gasteiger partial charge in [-0.3, -0.25) is 0 Å². The average molecular weight is 763 g/mol. The molecule has 1 aromatic heterocycles. The van der Waals surface area contributed by atoms with Crippen LogP contribution < -0.4 is 0 Å². The predicted octanol–water partition coefficient (Wildman–Crippen LogP) is 16.7. The lowest BCUT2D eigenvalue weighted by molar-refractivity contribution is 0.647. The summed E-state index contributed by atoms with van der Waals surface area (Å²) >= 11 is 0. The number of fused-ring (bicyclic) bond motifs is 12. The molecule has 0 unspecified atom stereocenters. The van der Waals surface area contributed by atoms with Gasteiger partial charge in [-0.15, -0.1) is 0 Å². The van der Waals surface area contributed by atoms with Gasteiger partial charge in [0.2, 0.25) is 0 Å². The SMILES string of the molecule is CC1(C)c2cc(-c3ccc4cc(-c5c6ccccc6c(-c6cccc7ccccc67)c6ccccc56)ccc4c3)ccc2-c2cc3c(cc21)oc1ccc2ccccc2c13. The smallest absolute Gasteiger partial charge is 0.136 e. The van der Waals surface area contributed by atoms with Gasteiger partial charge in [0, 0.05) is 16.2 Å². The van der Waals surface area contributed by atoms with E-state index in [2.05, 4.69) is 208 Å². The normalized spacial score (nSPS) is 13.3. The Balaban J connectivity index is 0.919. The summed E-state index contributed by atoms with van der Waals surface area (Å²) in [5, 5.41) is 14.9. The summed E-state index contributed by atoms with van der Waals surface area (Å²) in [5.41, 5.74) is 14.6. The van der Waals surface area contributed by atoms with E-state index in [0.717, 1.165) is 11.2 Å². The predicted molar refractivity (Wildman–Crippen MR) is 255 cm³/mol. The lowest BCUT2D eigenvalue weighted by Gasteiger charge is -2.22. The van der Waals surface area contributed by atoms with Crippen LogP contribution in [0.2, 0.25) is 0 Å². The Bertz CT molecular complexity index is 3740. The fourth-order valence-corrected chi connectivity index (χ4v) is 10.7. The lowest BCUT2D eigenvalue weighted by Crippen LogP contribution is -2.15. The Morgan fingerprint density at radius 2 is 0.850 bits per heavy atom. The molecule has 0 amide bonds. The van der Waals surface area contributed by atoms with E-state index in [0.29, 0.717) is 0 Å². The molecule has 0 spiro atoms. The molecule has 1 aliphatic carbocycles. The Morgan fingerprint density at radius 1 is 0.317 bits per heavy atom. The van der Waals surface area contributed by atoms with E-state index in [-0.39, 0.29) is 5.41 Å². The van der Waals surface area contributed by atoms with E-state index < -0.39 is 0 Å². The molecular weight excluding hydrogens is 725 g/mol. The highest BCUT2D eigenvalue weighted by atomic mass is 16.3. The summed E-state index contributed by atoms with van der Waals surface area (Å²) in [7, 11) is 0. The van der Waals surface area contributed by atoms with Crippen LogP contribution in [0.15, 0.2) is 199 Å². The molecule has 1 heterocycles. The van der Waals surface area contributed by atoms with E-state index in [9.17, 15) is 0 Å². The minimum atomic E-state index is -0.170. The molecule has 13 rings (SSSR count). The van der Waals surface area contributed by atoms with Crippen LogP contribution >= 0.6 is 0 Å². The summed E-state index contributed by atoms with van der Waals surface area (Å²) in [4.78, 5) is 0. The third kappa shape index (κ3) is 4.69. The molecule has 0 aliphatic heterocycles. The second-order valence-corrected chi connectivity index (χ2v) is 17.2. The van der Waals surface area contributed by atoms with Crippen molar-refractivity contribution in [3.05, 3.63) is 205 Å². The van der Waals surface area contributed by atoms with Gasteiger partial charge in [-0.25, -0.2) is 0 Å². The van der Waals surface area contributed by atoms with Crippen LogP contribution in [0.4, 0.5) is 0 Å². The van der Waals surface area contributed by atoms with Crippen LogP contribution in [0.3, 0.4) is 0 Å². The summed E-state index contributed by atoms with van der Waals surface area (Å²) in [6, 6.07) is 72.0. The van der Waals surface area contributed by atoms with Crippen LogP contribution in [0.1, 0.15) is 25.0 Å². The molecule has 1 nitrogen and oxygen atoms in total. The molecule has 0 fully saturated rings. The maximum atomic E-state index is 6.53. The Hall–Kier alpha value is -7.48. The zero-order valence-electron chi connectivity index (χ0n) is 33.4. The maximum Gasteiger partial charge on any atom is 0.136 e.